The highest BCUT2D eigenvalue weighted by Gasteiger charge is 2.19. The van der Waals surface area contributed by atoms with E-state index in [2.05, 4.69) is 20.8 Å². The van der Waals surface area contributed by atoms with Crippen LogP contribution in [0.3, 0.4) is 0 Å². The highest BCUT2D eigenvalue weighted by atomic mass is 19.2. The SMILES string of the molecule is COc1ccc(CNc2ccc(NC(=O)c3ccc(F)c(F)c3F)nn2)cc1. The average molecular weight is 388 g/mol. The number of nitrogens with zero attached hydrogens (tertiary/aromatic N) is 2. The van der Waals surface area contributed by atoms with Gasteiger partial charge in [-0.05, 0) is 42.0 Å². The predicted molar refractivity (Wildman–Crippen MR) is 96.6 cm³/mol. The molecule has 0 atom stereocenters. The molecule has 0 aliphatic rings. The van der Waals surface area contributed by atoms with Crippen molar-refractivity contribution in [3.8, 4) is 5.75 Å². The van der Waals surface area contributed by atoms with Crippen LogP contribution >= 0.6 is 0 Å². The first-order valence-electron chi connectivity index (χ1n) is 8.13. The maximum Gasteiger partial charge on any atom is 0.259 e. The van der Waals surface area contributed by atoms with Crippen LogP contribution in [0.25, 0.3) is 0 Å². The van der Waals surface area contributed by atoms with E-state index >= 15 is 0 Å². The Kier molecular flexibility index (Phi) is 5.73. The van der Waals surface area contributed by atoms with Gasteiger partial charge in [-0.1, -0.05) is 12.1 Å². The van der Waals surface area contributed by atoms with Crippen molar-refractivity contribution in [3.05, 3.63) is 77.1 Å². The molecule has 0 unspecified atom stereocenters. The Morgan fingerprint density at radius 1 is 0.929 bits per heavy atom. The van der Waals surface area contributed by atoms with Gasteiger partial charge < -0.3 is 15.4 Å². The maximum absolute atomic E-state index is 13.7. The molecule has 1 amide bonds. The monoisotopic (exact) mass is 388 g/mol. The van der Waals surface area contributed by atoms with Crippen molar-refractivity contribution >= 4 is 17.5 Å². The van der Waals surface area contributed by atoms with Gasteiger partial charge in [-0.15, -0.1) is 10.2 Å². The minimum Gasteiger partial charge on any atom is -0.497 e. The zero-order chi connectivity index (χ0) is 20.1. The number of methoxy groups -OCH3 is 1. The number of hydrogen-bond donors (Lipinski definition) is 2. The Hall–Kier alpha value is -3.62. The topological polar surface area (TPSA) is 76.1 Å². The largest absolute Gasteiger partial charge is 0.497 e. The first-order chi connectivity index (χ1) is 13.5. The predicted octanol–water partition coefficient (Wildman–Crippen LogP) is 3.77. The van der Waals surface area contributed by atoms with E-state index in [1.54, 1.807) is 13.2 Å². The van der Waals surface area contributed by atoms with E-state index in [-0.39, 0.29) is 5.82 Å². The van der Waals surface area contributed by atoms with Crippen LogP contribution < -0.4 is 15.4 Å². The second kappa shape index (κ2) is 8.38. The molecule has 3 aromatic rings. The molecule has 28 heavy (non-hydrogen) atoms. The molecule has 0 fully saturated rings. The molecular weight excluding hydrogens is 373 g/mol. The quantitative estimate of drug-likeness (QED) is 0.629. The third-order valence-electron chi connectivity index (χ3n) is 3.82. The van der Waals surface area contributed by atoms with Crippen LogP contribution in [0.1, 0.15) is 15.9 Å². The molecule has 3 rings (SSSR count). The van der Waals surface area contributed by atoms with E-state index in [0.717, 1.165) is 17.4 Å². The molecule has 0 saturated carbocycles. The number of carbonyl (C=O) groups excluding carboxylic acids is 1. The lowest BCUT2D eigenvalue weighted by molar-refractivity contribution is 0.102. The second-order valence-corrected chi connectivity index (χ2v) is 5.68. The van der Waals surface area contributed by atoms with E-state index in [1.807, 2.05) is 24.3 Å². The van der Waals surface area contributed by atoms with Gasteiger partial charge in [0.1, 0.15) is 11.6 Å². The van der Waals surface area contributed by atoms with Gasteiger partial charge in [0, 0.05) is 6.54 Å². The van der Waals surface area contributed by atoms with Crippen molar-refractivity contribution in [2.75, 3.05) is 17.7 Å². The molecule has 9 heteroatoms. The summed E-state index contributed by atoms with van der Waals surface area (Å²) in [5.41, 5.74) is 0.358. The van der Waals surface area contributed by atoms with Gasteiger partial charge in [0.25, 0.3) is 5.91 Å². The fourth-order valence-electron chi connectivity index (χ4n) is 2.31. The third-order valence-corrected chi connectivity index (χ3v) is 3.82. The Balaban J connectivity index is 1.61. The molecule has 2 aromatic carbocycles. The van der Waals surface area contributed by atoms with E-state index in [1.165, 1.54) is 6.07 Å². The highest BCUT2D eigenvalue weighted by Crippen LogP contribution is 2.17. The highest BCUT2D eigenvalue weighted by molar-refractivity contribution is 6.03. The lowest BCUT2D eigenvalue weighted by atomic mass is 10.2. The Bertz CT molecular complexity index is 980. The van der Waals surface area contributed by atoms with Gasteiger partial charge in [-0.2, -0.15) is 0 Å². The van der Waals surface area contributed by atoms with Crippen LogP contribution in [0.4, 0.5) is 24.8 Å². The third kappa shape index (κ3) is 4.37. The molecule has 144 valence electrons. The summed E-state index contributed by atoms with van der Waals surface area (Å²) in [4.78, 5) is 12.0. The van der Waals surface area contributed by atoms with Crippen LogP contribution in [0, 0.1) is 17.5 Å². The summed E-state index contributed by atoms with van der Waals surface area (Å²) in [6, 6.07) is 12.0. The summed E-state index contributed by atoms with van der Waals surface area (Å²) in [6.07, 6.45) is 0. The molecule has 1 heterocycles. The summed E-state index contributed by atoms with van der Waals surface area (Å²) >= 11 is 0. The Morgan fingerprint density at radius 2 is 1.61 bits per heavy atom. The van der Waals surface area contributed by atoms with Crippen molar-refractivity contribution in [2.24, 2.45) is 0 Å². The molecule has 1 aromatic heterocycles. The Labute approximate surface area is 158 Å². The number of aromatic nitrogens is 2. The molecular formula is C19H15F3N4O2. The smallest absolute Gasteiger partial charge is 0.259 e. The van der Waals surface area contributed by atoms with Crippen molar-refractivity contribution < 1.29 is 22.7 Å². The minimum atomic E-state index is -1.71. The number of halogens is 3. The summed E-state index contributed by atoms with van der Waals surface area (Å²) in [5, 5.41) is 13.0. The van der Waals surface area contributed by atoms with Crippen molar-refractivity contribution in [1.29, 1.82) is 0 Å². The minimum absolute atomic E-state index is 0.0316. The summed E-state index contributed by atoms with van der Waals surface area (Å²) in [7, 11) is 1.59. The summed E-state index contributed by atoms with van der Waals surface area (Å²) in [6.45, 7) is 0.491. The number of ether oxygens (including phenoxy) is 1. The van der Waals surface area contributed by atoms with Gasteiger partial charge in [-0.25, -0.2) is 13.2 Å². The van der Waals surface area contributed by atoms with E-state index in [0.29, 0.717) is 18.4 Å². The fourth-order valence-corrected chi connectivity index (χ4v) is 2.31. The van der Waals surface area contributed by atoms with Crippen LogP contribution in [0.2, 0.25) is 0 Å². The molecule has 2 N–H and O–H groups in total. The summed E-state index contributed by atoms with van der Waals surface area (Å²) in [5.74, 6) is -4.39. The van der Waals surface area contributed by atoms with E-state index < -0.39 is 28.9 Å². The van der Waals surface area contributed by atoms with Gasteiger partial charge in [0.2, 0.25) is 0 Å². The average Bonchev–Trinajstić information content (AvgIpc) is 2.72. The number of rotatable bonds is 6. The van der Waals surface area contributed by atoms with Gasteiger partial charge in [0.15, 0.2) is 23.3 Å². The molecule has 0 radical (unpaired) electrons. The van der Waals surface area contributed by atoms with Crippen molar-refractivity contribution in [2.45, 2.75) is 6.54 Å². The molecule has 6 nitrogen and oxygen atoms in total. The number of benzene rings is 2. The zero-order valence-corrected chi connectivity index (χ0v) is 14.7. The van der Waals surface area contributed by atoms with Crippen LogP contribution in [-0.2, 0) is 6.54 Å². The number of hydrogen-bond acceptors (Lipinski definition) is 5. The standard InChI is InChI=1S/C19H15F3N4O2/c1-28-12-4-2-11(3-5-12)10-23-15-8-9-16(26-25-15)24-19(27)13-6-7-14(20)18(22)17(13)21/h2-9H,10H2,1H3,(H,23,25)(H,24,26,27). The fraction of sp³-hybridized carbons (Fsp3) is 0.105. The lowest BCUT2D eigenvalue weighted by Gasteiger charge is -2.08. The van der Waals surface area contributed by atoms with E-state index in [4.69, 9.17) is 4.74 Å². The second-order valence-electron chi connectivity index (χ2n) is 5.68. The number of amides is 1. The summed E-state index contributed by atoms with van der Waals surface area (Å²) < 4.78 is 44.9. The van der Waals surface area contributed by atoms with Crippen molar-refractivity contribution in [3.63, 3.8) is 0 Å². The van der Waals surface area contributed by atoms with E-state index in [9.17, 15) is 18.0 Å². The first-order valence-corrected chi connectivity index (χ1v) is 8.13. The molecule has 0 saturated heterocycles. The lowest BCUT2D eigenvalue weighted by Crippen LogP contribution is -2.16. The Morgan fingerprint density at radius 3 is 2.25 bits per heavy atom. The number of carbonyl (C=O) groups is 1. The van der Waals surface area contributed by atoms with Crippen LogP contribution in [0.5, 0.6) is 5.75 Å². The van der Waals surface area contributed by atoms with Gasteiger partial charge in [0.05, 0.1) is 12.7 Å². The van der Waals surface area contributed by atoms with Gasteiger partial charge in [-0.3, -0.25) is 4.79 Å². The zero-order valence-electron chi connectivity index (χ0n) is 14.7. The number of nitrogens with one attached hydrogen (secondary N) is 2. The first kappa shape index (κ1) is 19.2. The normalized spacial score (nSPS) is 10.4. The van der Waals surface area contributed by atoms with Crippen molar-refractivity contribution in [1.82, 2.24) is 10.2 Å². The molecule has 0 bridgehead atoms. The van der Waals surface area contributed by atoms with Crippen LogP contribution in [-0.4, -0.2) is 23.2 Å². The molecule has 0 aliphatic heterocycles. The maximum atomic E-state index is 13.7. The van der Waals surface area contributed by atoms with Gasteiger partial charge >= 0.3 is 0 Å². The van der Waals surface area contributed by atoms with Crippen LogP contribution in [0.15, 0.2) is 48.5 Å². The molecule has 0 aliphatic carbocycles. The number of anilines is 2. The molecule has 0 spiro atoms.